The lowest BCUT2D eigenvalue weighted by Crippen LogP contribution is -2.35. The molecule has 0 aromatic heterocycles. The topological polar surface area (TPSA) is 21.3 Å². The van der Waals surface area contributed by atoms with Crippen LogP contribution in [0.15, 0.2) is 22.7 Å². The highest BCUT2D eigenvalue weighted by atomic mass is 79.9. The maximum Gasteiger partial charge on any atom is 0.133 e. The highest BCUT2D eigenvalue weighted by Crippen LogP contribution is 2.26. The van der Waals surface area contributed by atoms with Crippen LogP contribution < -0.4 is 10.1 Å². The Morgan fingerprint density at radius 3 is 2.94 bits per heavy atom. The monoisotopic (exact) mass is 311 g/mol. The molecule has 1 atom stereocenters. The van der Waals surface area contributed by atoms with Crippen molar-refractivity contribution in [1.29, 1.82) is 0 Å². The van der Waals surface area contributed by atoms with Gasteiger partial charge in [0.2, 0.25) is 0 Å². The third kappa shape index (κ3) is 3.99. The minimum Gasteiger partial charge on any atom is -0.492 e. The molecule has 0 spiro atoms. The summed E-state index contributed by atoms with van der Waals surface area (Å²) in [6.45, 7) is 4.12. The van der Waals surface area contributed by atoms with E-state index in [1.54, 1.807) is 0 Å². The van der Waals surface area contributed by atoms with Gasteiger partial charge in [-0.2, -0.15) is 0 Å². The van der Waals surface area contributed by atoms with Crippen LogP contribution >= 0.6 is 15.9 Å². The second-order valence-electron chi connectivity index (χ2n) is 4.90. The minimum absolute atomic E-state index is 0.646. The fraction of sp³-hybridized carbons (Fsp3) is 0.600. The third-order valence-electron chi connectivity index (χ3n) is 3.54. The fourth-order valence-electron chi connectivity index (χ4n) is 2.36. The van der Waals surface area contributed by atoms with Gasteiger partial charge in [-0.3, -0.25) is 0 Å². The van der Waals surface area contributed by atoms with Crippen molar-refractivity contribution in [2.45, 2.75) is 45.1 Å². The molecule has 2 rings (SSSR count). The van der Waals surface area contributed by atoms with E-state index in [4.69, 9.17) is 4.74 Å². The van der Waals surface area contributed by atoms with Gasteiger partial charge in [-0.15, -0.1) is 0 Å². The molecule has 1 aliphatic rings. The van der Waals surface area contributed by atoms with E-state index >= 15 is 0 Å². The SMILES string of the molecule is CCc1ccc(OCCC2CCCCN2)c(Br)c1. The Morgan fingerprint density at radius 2 is 2.28 bits per heavy atom. The van der Waals surface area contributed by atoms with E-state index in [0.29, 0.717) is 6.04 Å². The Morgan fingerprint density at radius 1 is 1.39 bits per heavy atom. The number of benzene rings is 1. The molecule has 3 heteroatoms. The highest BCUT2D eigenvalue weighted by molar-refractivity contribution is 9.10. The van der Waals surface area contributed by atoms with E-state index in [1.807, 2.05) is 0 Å². The van der Waals surface area contributed by atoms with E-state index in [-0.39, 0.29) is 0 Å². The van der Waals surface area contributed by atoms with Gasteiger partial charge < -0.3 is 10.1 Å². The van der Waals surface area contributed by atoms with Gasteiger partial charge in [0.25, 0.3) is 0 Å². The summed E-state index contributed by atoms with van der Waals surface area (Å²) in [5.41, 5.74) is 1.34. The van der Waals surface area contributed by atoms with Gasteiger partial charge in [0.1, 0.15) is 5.75 Å². The molecule has 0 saturated carbocycles. The molecule has 0 bridgehead atoms. The van der Waals surface area contributed by atoms with Crippen LogP contribution in [-0.4, -0.2) is 19.2 Å². The normalized spacial score (nSPS) is 19.8. The van der Waals surface area contributed by atoms with Crippen LogP contribution in [0.25, 0.3) is 0 Å². The van der Waals surface area contributed by atoms with Gasteiger partial charge in [0.05, 0.1) is 11.1 Å². The van der Waals surface area contributed by atoms with Crippen LogP contribution in [0.2, 0.25) is 0 Å². The first kappa shape index (κ1) is 13.9. The number of rotatable bonds is 5. The largest absolute Gasteiger partial charge is 0.492 e. The van der Waals surface area contributed by atoms with Crippen molar-refractivity contribution in [3.05, 3.63) is 28.2 Å². The van der Waals surface area contributed by atoms with Gasteiger partial charge in [-0.25, -0.2) is 0 Å². The zero-order valence-electron chi connectivity index (χ0n) is 11.0. The first-order valence-corrected chi connectivity index (χ1v) is 7.73. The Kier molecular flexibility index (Phi) is 5.51. The number of ether oxygens (including phenoxy) is 1. The number of piperidine rings is 1. The van der Waals surface area contributed by atoms with Crippen LogP contribution in [-0.2, 0) is 6.42 Å². The van der Waals surface area contributed by atoms with Crippen LogP contribution in [0.1, 0.15) is 38.2 Å². The summed E-state index contributed by atoms with van der Waals surface area (Å²) in [6, 6.07) is 7.00. The van der Waals surface area contributed by atoms with Gasteiger partial charge in [0, 0.05) is 6.04 Å². The van der Waals surface area contributed by atoms with Crippen molar-refractivity contribution in [3.8, 4) is 5.75 Å². The van der Waals surface area contributed by atoms with Crippen LogP contribution in [0, 0.1) is 0 Å². The first-order chi connectivity index (χ1) is 8.79. The molecule has 0 aliphatic carbocycles. The molecule has 100 valence electrons. The number of aryl methyl sites for hydroxylation is 1. The summed E-state index contributed by atoms with van der Waals surface area (Å²) < 4.78 is 6.92. The lowest BCUT2D eigenvalue weighted by Gasteiger charge is -2.23. The lowest BCUT2D eigenvalue weighted by molar-refractivity contribution is 0.267. The Balaban J connectivity index is 1.79. The molecule has 2 nitrogen and oxygen atoms in total. The summed E-state index contributed by atoms with van der Waals surface area (Å²) in [7, 11) is 0. The van der Waals surface area contributed by atoms with E-state index in [9.17, 15) is 0 Å². The van der Waals surface area contributed by atoms with Gasteiger partial charge in [-0.05, 0) is 65.9 Å². The maximum atomic E-state index is 5.85. The van der Waals surface area contributed by atoms with Gasteiger partial charge >= 0.3 is 0 Å². The summed E-state index contributed by atoms with van der Waals surface area (Å²) in [5.74, 6) is 0.961. The molecule has 0 radical (unpaired) electrons. The van der Waals surface area contributed by atoms with E-state index in [2.05, 4.69) is 46.4 Å². The molecule has 18 heavy (non-hydrogen) atoms. The highest BCUT2D eigenvalue weighted by Gasteiger charge is 2.12. The van der Waals surface area contributed by atoms with Gasteiger partial charge in [-0.1, -0.05) is 19.4 Å². The summed E-state index contributed by atoms with van der Waals surface area (Å²) >= 11 is 3.57. The predicted octanol–water partition coefficient (Wildman–Crippen LogP) is 3.92. The zero-order valence-corrected chi connectivity index (χ0v) is 12.6. The molecule has 1 fully saturated rings. The molecule has 1 heterocycles. The van der Waals surface area contributed by atoms with Crippen molar-refractivity contribution in [2.24, 2.45) is 0 Å². The summed E-state index contributed by atoms with van der Waals surface area (Å²) in [4.78, 5) is 0. The van der Waals surface area contributed by atoms with Crippen molar-refractivity contribution in [2.75, 3.05) is 13.2 Å². The molecular formula is C15H22BrNO. The quantitative estimate of drug-likeness (QED) is 0.890. The second kappa shape index (κ2) is 7.15. The van der Waals surface area contributed by atoms with Gasteiger partial charge in [0.15, 0.2) is 0 Å². The van der Waals surface area contributed by atoms with E-state index in [1.165, 1.54) is 31.4 Å². The number of hydrogen-bond acceptors (Lipinski definition) is 2. The molecule has 0 amide bonds. The van der Waals surface area contributed by atoms with Crippen LogP contribution in [0.4, 0.5) is 0 Å². The molecule has 1 unspecified atom stereocenters. The number of nitrogens with one attached hydrogen (secondary N) is 1. The van der Waals surface area contributed by atoms with Crippen molar-refractivity contribution in [1.82, 2.24) is 5.32 Å². The van der Waals surface area contributed by atoms with Crippen LogP contribution in [0.5, 0.6) is 5.75 Å². The maximum absolute atomic E-state index is 5.85. The number of halogens is 1. The zero-order chi connectivity index (χ0) is 12.8. The Bertz CT molecular complexity index is 375. The first-order valence-electron chi connectivity index (χ1n) is 6.94. The van der Waals surface area contributed by atoms with Crippen LogP contribution in [0.3, 0.4) is 0 Å². The molecule has 1 aromatic carbocycles. The third-order valence-corrected chi connectivity index (χ3v) is 4.16. The van der Waals surface area contributed by atoms with Crippen molar-refractivity contribution < 1.29 is 4.74 Å². The molecule has 1 saturated heterocycles. The standard InChI is InChI=1S/C15H22BrNO/c1-2-12-6-7-15(14(16)11-12)18-10-8-13-5-3-4-9-17-13/h6-7,11,13,17H,2-5,8-10H2,1H3. The molecule has 1 aromatic rings. The predicted molar refractivity (Wildman–Crippen MR) is 79.3 cm³/mol. The summed E-state index contributed by atoms with van der Waals surface area (Å²) in [5, 5.41) is 3.55. The average molecular weight is 312 g/mol. The molecule has 1 N–H and O–H groups in total. The van der Waals surface area contributed by atoms with E-state index < -0.39 is 0 Å². The average Bonchev–Trinajstić information content (AvgIpc) is 2.42. The smallest absolute Gasteiger partial charge is 0.133 e. The Labute approximate surface area is 118 Å². The number of hydrogen-bond donors (Lipinski definition) is 1. The lowest BCUT2D eigenvalue weighted by atomic mass is 10.0. The van der Waals surface area contributed by atoms with E-state index in [0.717, 1.165) is 29.7 Å². The Hall–Kier alpha value is -0.540. The summed E-state index contributed by atoms with van der Waals surface area (Å²) in [6.07, 6.45) is 6.13. The van der Waals surface area contributed by atoms with Crippen molar-refractivity contribution in [3.63, 3.8) is 0 Å². The minimum atomic E-state index is 0.646. The molecular weight excluding hydrogens is 290 g/mol. The fourth-order valence-corrected chi connectivity index (χ4v) is 2.90. The van der Waals surface area contributed by atoms with Crippen molar-refractivity contribution >= 4 is 15.9 Å². The second-order valence-corrected chi connectivity index (χ2v) is 5.76. The molecule has 1 aliphatic heterocycles.